The average Bonchev–Trinajstić information content (AvgIpc) is 3.61. The molecule has 2 aliphatic heterocycles. The van der Waals surface area contributed by atoms with Gasteiger partial charge in [0.15, 0.2) is 12.4 Å². The molecule has 0 N–H and O–H groups in total. The maximum atomic E-state index is 6.65. The van der Waals surface area contributed by atoms with Crippen LogP contribution in [0.2, 0.25) is 0 Å². The molecule has 0 amide bonds. The van der Waals surface area contributed by atoms with Crippen LogP contribution in [0.25, 0.3) is 27.6 Å². The maximum Gasteiger partial charge on any atom is 0.225 e. The Morgan fingerprint density at radius 1 is 0.593 bits per heavy atom. The number of hydrogen-bond acceptors (Lipinski definition) is 2. The maximum absolute atomic E-state index is 6.65. The van der Waals surface area contributed by atoms with Crippen LogP contribution in [0.3, 0.4) is 0 Å². The van der Waals surface area contributed by atoms with Crippen molar-refractivity contribution in [3.05, 3.63) is 151 Å². The number of quaternary nitrogens is 2. The van der Waals surface area contributed by atoms with Gasteiger partial charge in [0.25, 0.3) is 0 Å². The summed E-state index contributed by atoms with van der Waals surface area (Å²) in [7, 11) is 0. The predicted molar refractivity (Wildman–Crippen MR) is 219 cm³/mol. The molecule has 1 fully saturated rings. The molecular weight excluding hydrogens is 844 g/mol. The predicted octanol–water partition coefficient (Wildman–Crippen LogP) is 12.8. The zero-order valence-corrected chi connectivity index (χ0v) is 34.8. The fourth-order valence-electron chi connectivity index (χ4n) is 8.12. The summed E-state index contributed by atoms with van der Waals surface area (Å²) in [5, 5.41) is 2.27. The molecule has 1 unspecified atom stereocenters. The van der Waals surface area contributed by atoms with Gasteiger partial charge in [0.1, 0.15) is 5.82 Å². The Kier molecular flexibility index (Phi) is 8.25. The Labute approximate surface area is 334 Å². The van der Waals surface area contributed by atoms with Crippen LogP contribution in [0.4, 0.5) is 22.7 Å². The smallest absolute Gasteiger partial charge is 0.225 e. The minimum absolute atomic E-state index is 0. The zero-order chi connectivity index (χ0) is 37.1. The van der Waals surface area contributed by atoms with Crippen LogP contribution in [-0.4, -0.2) is 9.55 Å². The summed E-state index contributed by atoms with van der Waals surface area (Å²) >= 11 is 0. The molecule has 0 aliphatic carbocycles. The Morgan fingerprint density at radius 2 is 1.28 bits per heavy atom. The van der Waals surface area contributed by atoms with Crippen LogP contribution >= 0.6 is 0 Å². The van der Waals surface area contributed by atoms with Gasteiger partial charge in [-0.05, 0) is 56.5 Å². The number of hydrogen-bond donors (Lipinski definition) is 0. The molecular formula is C48H47N4OPt-. The minimum atomic E-state index is -0.00614. The van der Waals surface area contributed by atoms with Crippen LogP contribution in [0, 0.1) is 18.8 Å². The van der Waals surface area contributed by atoms with Crippen molar-refractivity contribution in [2.75, 3.05) is 0 Å². The van der Waals surface area contributed by atoms with Gasteiger partial charge >= 0.3 is 0 Å². The first-order chi connectivity index (χ1) is 25.1. The largest absolute Gasteiger partial charge is 0.509 e. The second kappa shape index (κ2) is 12.2. The Morgan fingerprint density at radius 3 is 2.04 bits per heavy atom. The third-order valence-electron chi connectivity index (χ3n) is 11.2. The summed E-state index contributed by atoms with van der Waals surface area (Å²) in [6.45, 7) is 22.8. The molecule has 276 valence electrons. The molecule has 5 aromatic carbocycles. The van der Waals surface area contributed by atoms with E-state index in [2.05, 4.69) is 183 Å². The summed E-state index contributed by atoms with van der Waals surface area (Å²) in [5.41, 5.74) is 10.9. The standard InChI is InChI=1S/C48H47N4O.Pt/c1-46(2,3)32-14-12-15-35(26-32)52-31-51(52,43-23-20-33(27-44(43)52)47(4,5)6)36-16-13-17-37(29-36)53-38-21-22-40-39-18-10-11-19-41(39)50(42(40)30-38)45-28-34(24-25-49-45)48(7,8)9;/h10-28,31H,1-9H3;/q-1;/t51?,52-;/m0./s1. The van der Waals surface area contributed by atoms with Gasteiger partial charge in [0.05, 0.1) is 5.69 Å². The minimum Gasteiger partial charge on any atom is -0.509 e. The fourth-order valence-corrected chi connectivity index (χ4v) is 8.12. The summed E-state index contributed by atoms with van der Waals surface area (Å²) in [6.07, 6.45) is 1.91. The Hall–Kier alpha value is -4.54. The van der Waals surface area contributed by atoms with Crippen molar-refractivity contribution in [2.45, 2.75) is 78.6 Å². The second-order valence-electron chi connectivity index (χ2n) is 17.8. The van der Waals surface area contributed by atoms with Crippen molar-refractivity contribution in [3.8, 4) is 17.3 Å². The summed E-state index contributed by atoms with van der Waals surface area (Å²) < 4.78 is 10.1. The molecule has 0 radical (unpaired) electrons. The van der Waals surface area contributed by atoms with Crippen molar-refractivity contribution >= 4 is 44.6 Å². The number of fused-ring (bicyclic) bond motifs is 7. The molecule has 4 heterocycles. The van der Waals surface area contributed by atoms with Crippen LogP contribution in [0.15, 0.2) is 115 Å². The van der Waals surface area contributed by atoms with E-state index in [4.69, 9.17) is 9.72 Å². The second-order valence-corrected chi connectivity index (χ2v) is 17.8. The van der Waals surface area contributed by atoms with Gasteiger partial charge in [-0.2, -0.15) is 16.7 Å². The topological polar surface area (TPSA) is 27.1 Å². The molecule has 2 aromatic heterocycles. The summed E-state index contributed by atoms with van der Waals surface area (Å²) in [4.78, 5) is 4.84. The van der Waals surface area contributed by atoms with Gasteiger partial charge in [-0.3, -0.25) is 0 Å². The first-order valence-electron chi connectivity index (χ1n) is 18.7. The van der Waals surface area contributed by atoms with Crippen molar-refractivity contribution in [2.24, 2.45) is 0 Å². The monoisotopic (exact) mass is 890 g/mol. The van der Waals surface area contributed by atoms with E-state index in [-0.39, 0.29) is 37.3 Å². The van der Waals surface area contributed by atoms with Crippen molar-refractivity contribution in [1.29, 1.82) is 0 Å². The van der Waals surface area contributed by atoms with E-state index in [9.17, 15) is 0 Å². The van der Waals surface area contributed by atoms with Crippen LogP contribution < -0.4 is 13.9 Å². The number of nitrogens with zero attached hydrogens (tertiary/aromatic N) is 4. The van der Waals surface area contributed by atoms with E-state index in [1.807, 2.05) is 18.3 Å². The first kappa shape index (κ1) is 36.4. The van der Waals surface area contributed by atoms with Crippen LogP contribution in [0.1, 0.15) is 79.0 Å². The Bertz CT molecular complexity index is 2600. The number of benzene rings is 5. The van der Waals surface area contributed by atoms with Crippen LogP contribution in [0.5, 0.6) is 11.5 Å². The number of pyridine rings is 1. The molecule has 1 saturated heterocycles. The van der Waals surface area contributed by atoms with Crippen molar-refractivity contribution in [3.63, 3.8) is 0 Å². The zero-order valence-electron chi connectivity index (χ0n) is 32.6. The normalized spacial score (nSPS) is 19.1. The number of ether oxygens (including phenoxy) is 1. The third-order valence-corrected chi connectivity index (χ3v) is 11.2. The van der Waals surface area contributed by atoms with Gasteiger partial charge in [0, 0.05) is 68.5 Å². The van der Waals surface area contributed by atoms with Gasteiger partial charge < -0.3 is 9.30 Å². The van der Waals surface area contributed by atoms with E-state index < -0.39 is 0 Å². The molecule has 0 bridgehead atoms. The van der Waals surface area contributed by atoms with E-state index in [1.54, 1.807) is 0 Å². The van der Waals surface area contributed by atoms with Gasteiger partial charge in [-0.1, -0.05) is 110 Å². The third kappa shape index (κ3) is 5.42. The van der Waals surface area contributed by atoms with Crippen molar-refractivity contribution in [1.82, 2.24) is 18.7 Å². The molecule has 9 rings (SSSR count). The molecule has 0 saturated carbocycles. The van der Waals surface area contributed by atoms with Gasteiger partial charge in [0.2, 0.25) is 11.4 Å². The van der Waals surface area contributed by atoms with Gasteiger partial charge in [-0.15, -0.1) is 29.7 Å². The quantitative estimate of drug-likeness (QED) is 0.0978. The number of para-hydroxylation sites is 1. The SMILES string of the molecule is CC(C)(C)c1cccc([N@+]23[CH-][N+]2(c2[c-]c(Oc4[c-]c5c(cc4)c4ccccc4n5-c4cc(C(C)(C)C)ccn4)ccc2)c2ccc(C(C)(C)C)cc23)c1.[Pt]. The van der Waals surface area contributed by atoms with E-state index in [0.717, 1.165) is 33.3 Å². The molecule has 54 heavy (non-hydrogen) atoms. The van der Waals surface area contributed by atoms with E-state index >= 15 is 0 Å². The number of rotatable bonds is 5. The fraction of sp³-hybridized carbons (Fsp3) is 0.250. The van der Waals surface area contributed by atoms with E-state index in [1.165, 1.54) is 33.8 Å². The molecule has 7 aromatic rings. The van der Waals surface area contributed by atoms with Crippen LogP contribution in [-0.2, 0) is 37.3 Å². The molecule has 5 nitrogen and oxygen atoms in total. The van der Waals surface area contributed by atoms with E-state index in [0.29, 0.717) is 20.7 Å². The summed E-state index contributed by atoms with van der Waals surface area (Å²) in [5.74, 6) is 2.16. The molecule has 2 atom stereocenters. The Balaban J connectivity index is 0.00000413. The molecule has 6 heteroatoms. The average molecular weight is 891 g/mol. The van der Waals surface area contributed by atoms with Crippen molar-refractivity contribution < 1.29 is 25.8 Å². The molecule has 0 spiro atoms. The molecule has 2 aliphatic rings. The van der Waals surface area contributed by atoms with Gasteiger partial charge in [-0.25, -0.2) is 9.58 Å². The first-order valence-corrected chi connectivity index (χ1v) is 18.7. The number of aromatic nitrogens is 2. The summed E-state index contributed by atoms with van der Waals surface area (Å²) in [6, 6.07) is 46.7.